The zero-order valence-corrected chi connectivity index (χ0v) is 13.0. The maximum atomic E-state index is 3.58. The summed E-state index contributed by atoms with van der Waals surface area (Å²) in [6, 6.07) is 4.79. The standard InChI is InChI=1S/C17H23NS/c1-4-7-18-10-16-17(13-5-6-13)14-8-11(2)12(3)9-15(14)19-16/h8-9,13,18H,4-7,10H2,1-3H3. The van der Waals surface area contributed by atoms with E-state index in [0.29, 0.717) is 0 Å². The van der Waals surface area contributed by atoms with E-state index in [1.54, 1.807) is 10.4 Å². The van der Waals surface area contributed by atoms with E-state index in [9.17, 15) is 0 Å². The molecule has 1 nitrogen and oxygen atoms in total. The topological polar surface area (TPSA) is 12.0 Å². The largest absolute Gasteiger partial charge is 0.312 e. The van der Waals surface area contributed by atoms with Crippen LogP contribution in [0.2, 0.25) is 0 Å². The minimum Gasteiger partial charge on any atom is -0.312 e. The molecule has 19 heavy (non-hydrogen) atoms. The molecular formula is C17H23NS. The first-order chi connectivity index (χ1) is 9.20. The minimum atomic E-state index is 0.842. The Hall–Kier alpha value is -0.860. The minimum absolute atomic E-state index is 0.842. The second kappa shape index (κ2) is 5.26. The molecule has 0 aliphatic heterocycles. The van der Waals surface area contributed by atoms with Gasteiger partial charge in [-0.3, -0.25) is 0 Å². The summed E-state index contributed by atoms with van der Waals surface area (Å²) in [5.41, 5.74) is 4.51. The van der Waals surface area contributed by atoms with Crippen LogP contribution in [0, 0.1) is 13.8 Å². The van der Waals surface area contributed by atoms with Crippen LogP contribution in [0.1, 0.15) is 53.7 Å². The molecule has 0 radical (unpaired) electrons. The molecule has 1 heterocycles. The van der Waals surface area contributed by atoms with E-state index >= 15 is 0 Å². The number of hydrogen-bond acceptors (Lipinski definition) is 2. The second-order valence-electron chi connectivity index (χ2n) is 5.82. The van der Waals surface area contributed by atoms with Crippen LogP contribution in [0.15, 0.2) is 12.1 Å². The first kappa shape index (κ1) is 13.1. The SMILES string of the molecule is CCCNCc1sc2cc(C)c(C)cc2c1C1CC1. The third kappa shape index (κ3) is 2.56. The number of rotatable bonds is 5. The van der Waals surface area contributed by atoms with E-state index in [4.69, 9.17) is 0 Å². The summed E-state index contributed by atoms with van der Waals surface area (Å²) in [5, 5.41) is 5.11. The van der Waals surface area contributed by atoms with E-state index < -0.39 is 0 Å². The molecule has 1 aliphatic carbocycles. The number of fused-ring (bicyclic) bond motifs is 1. The van der Waals surface area contributed by atoms with E-state index in [1.165, 1.54) is 40.5 Å². The normalized spacial score (nSPS) is 15.3. The van der Waals surface area contributed by atoms with E-state index in [1.807, 2.05) is 11.3 Å². The van der Waals surface area contributed by atoms with Crippen molar-refractivity contribution in [1.29, 1.82) is 0 Å². The number of hydrogen-bond donors (Lipinski definition) is 1. The predicted octanol–water partition coefficient (Wildman–Crippen LogP) is 4.90. The molecular weight excluding hydrogens is 250 g/mol. The lowest BCUT2D eigenvalue weighted by Gasteiger charge is -2.05. The van der Waals surface area contributed by atoms with Gasteiger partial charge < -0.3 is 5.32 Å². The van der Waals surface area contributed by atoms with Gasteiger partial charge in [0.25, 0.3) is 0 Å². The van der Waals surface area contributed by atoms with Crippen molar-refractivity contribution in [1.82, 2.24) is 5.32 Å². The summed E-state index contributed by atoms with van der Waals surface area (Å²) in [4.78, 5) is 1.58. The van der Waals surface area contributed by atoms with Crippen molar-refractivity contribution in [2.75, 3.05) is 6.54 Å². The van der Waals surface area contributed by atoms with Gasteiger partial charge in [0.05, 0.1) is 0 Å². The smallest absolute Gasteiger partial charge is 0.0351 e. The molecule has 0 bridgehead atoms. The van der Waals surface area contributed by atoms with Gasteiger partial charge in [0.1, 0.15) is 0 Å². The highest BCUT2D eigenvalue weighted by Crippen LogP contribution is 2.48. The summed E-state index contributed by atoms with van der Waals surface area (Å²) in [7, 11) is 0. The van der Waals surface area contributed by atoms with Crippen LogP contribution in [0.25, 0.3) is 10.1 Å². The summed E-state index contributed by atoms with van der Waals surface area (Å²) in [6.07, 6.45) is 3.99. The lowest BCUT2D eigenvalue weighted by molar-refractivity contribution is 0.678. The fourth-order valence-electron chi connectivity index (χ4n) is 2.75. The zero-order chi connectivity index (χ0) is 13.4. The molecule has 1 saturated carbocycles. The average Bonchev–Trinajstić information content (AvgIpc) is 3.15. The summed E-state index contributed by atoms with van der Waals surface area (Å²) >= 11 is 2.00. The van der Waals surface area contributed by atoms with E-state index in [-0.39, 0.29) is 0 Å². The zero-order valence-electron chi connectivity index (χ0n) is 12.2. The molecule has 1 fully saturated rings. The Morgan fingerprint density at radius 3 is 2.63 bits per heavy atom. The fraction of sp³-hybridized carbons (Fsp3) is 0.529. The third-order valence-electron chi connectivity index (χ3n) is 4.12. The highest BCUT2D eigenvalue weighted by molar-refractivity contribution is 7.19. The van der Waals surface area contributed by atoms with Crippen molar-refractivity contribution in [3.8, 4) is 0 Å². The first-order valence-corrected chi connectivity index (χ1v) is 8.25. The number of thiophene rings is 1. The highest BCUT2D eigenvalue weighted by atomic mass is 32.1. The summed E-state index contributed by atoms with van der Waals surface area (Å²) in [6.45, 7) is 8.86. The Balaban J connectivity index is 2.02. The van der Waals surface area contributed by atoms with Crippen molar-refractivity contribution >= 4 is 21.4 Å². The average molecular weight is 273 g/mol. The Morgan fingerprint density at radius 1 is 1.21 bits per heavy atom. The summed E-state index contributed by atoms with van der Waals surface area (Å²) in [5.74, 6) is 0.842. The van der Waals surface area contributed by atoms with Crippen LogP contribution in [-0.2, 0) is 6.54 Å². The maximum absolute atomic E-state index is 3.58. The molecule has 1 aliphatic rings. The molecule has 2 aromatic rings. The van der Waals surface area contributed by atoms with Gasteiger partial charge >= 0.3 is 0 Å². The number of nitrogens with one attached hydrogen (secondary N) is 1. The molecule has 102 valence electrons. The number of aryl methyl sites for hydroxylation is 2. The molecule has 0 amide bonds. The maximum Gasteiger partial charge on any atom is 0.0351 e. The van der Waals surface area contributed by atoms with Gasteiger partial charge in [0.15, 0.2) is 0 Å². The van der Waals surface area contributed by atoms with E-state index in [2.05, 4.69) is 38.2 Å². The molecule has 1 aromatic carbocycles. The molecule has 0 atom stereocenters. The molecule has 1 N–H and O–H groups in total. The van der Waals surface area contributed by atoms with Gasteiger partial charge in [-0.1, -0.05) is 13.0 Å². The monoisotopic (exact) mass is 273 g/mol. The van der Waals surface area contributed by atoms with Gasteiger partial charge in [-0.05, 0) is 73.7 Å². The van der Waals surface area contributed by atoms with Crippen LogP contribution >= 0.6 is 11.3 Å². The van der Waals surface area contributed by atoms with Gasteiger partial charge in [-0.25, -0.2) is 0 Å². The Kier molecular flexibility index (Phi) is 3.64. The Labute approximate surface area is 120 Å². The molecule has 0 spiro atoms. The van der Waals surface area contributed by atoms with Crippen molar-refractivity contribution in [2.24, 2.45) is 0 Å². The first-order valence-electron chi connectivity index (χ1n) is 7.44. The highest BCUT2D eigenvalue weighted by Gasteiger charge is 2.29. The quantitative estimate of drug-likeness (QED) is 0.764. The van der Waals surface area contributed by atoms with Crippen LogP contribution < -0.4 is 5.32 Å². The molecule has 3 rings (SSSR count). The van der Waals surface area contributed by atoms with Gasteiger partial charge in [-0.2, -0.15) is 0 Å². The van der Waals surface area contributed by atoms with E-state index in [0.717, 1.165) is 19.0 Å². The van der Waals surface area contributed by atoms with Gasteiger partial charge in [0.2, 0.25) is 0 Å². The Morgan fingerprint density at radius 2 is 1.95 bits per heavy atom. The Bertz CT molecular complexity index is 593. The van der Waals surface area contributed by atoms with Crippen molar-refractivity contribution in [3.63, 3.8) is 0 Å². The van der Waals surface area contributed by atoms with Crippen molar-refractivity contribution in [2.45, 2.75) is 52.5 Å². The van der Waals surface area contributed by atoms with Crippen molar-refractivity contribution in [3.05, 3.63) is 33.7 Å². The lowest BCUT2D eigenvalue weighted by Crippen LogP contribution is -2.13. The molecule has 0 unspecified atom stereocenters. The van der Waals surface area contributed by atoms with Crippen LogP contribution in [0.4, 0.5) is 0 Å². The fourth-order valence-corrected chi connectivity index (χ4v) is 4.09. The van der Waals surface area contributed by atoms with Gasteiger partial charge in [-0.15, -0.1) is 11.3 Å². The molecule has 0 saturated heterocycles. The second-order valence-corrected chi connectivity index (χ2v) is 6.96. The summed E-state index contributed by atoms with van der Waals surface area (Å²) < 4.78 is 1.48. The van der Waals surface area contributed by atoms with Crippen LogP contribution in [0.5, 0.6) is 0 Å². The number of benzene rings is 1. The van der Waals surface area contributed by atoms with Crippen LogP contribution in [0.3, 0.4) is 0 Å². The third-order valence-corrected chi connectivity index (χ3v) is 5.29. The predicted molar refractivity (Wildman–Crippen MR) is 85.3 cm³/mol. The van der Waals surface area contributed by atoms with Crippen LogP contribution in [-0.4, -0.2) is 6.54 Å². The van der Waals surface area contributed by atoms with Crippen molar-refractivity contribution < 1.29 is 0 Å². The molecule has 1 aromatic heterocycles. The lowest BCUT2D eigenvalue weighted by atomic mass is 10.0. The molecule has 2 heteroatoms. The van der Waals surface area contributed by atoms with Gasteiger partial charge in [0, 0.05) is 16.1 Å².